The third kappa shape index (κ3) is 5.03. The third-order valence-electron chi connectivity index (χ3n) is 4.45. The van der Waals surface area contributed by atoms with Gasteiger partial charge in [0.25, 0.3) is 0 Å². The van der Waals surface area contributed by atoms with Gasteiger partial charge in [0.05, 0.1) is 12.2 Å². The number of nitrogens with one attached hydrogen (secondary N) is 1. The fourth-order valence-corrected chi connectivity index (χ4v) is 3.28. The Kier molecular flexibility index (Phi) is 6.57. The van der Waals surface area contributed by atoms with Crippen molar-refractivity contribution >= 4 is 0 Å². The molecule has 4 nitrogen and oxygen atoms in total. The SMILES string of the molecule is COCCNCCCC1CCOC2(CCOCC2)C1. The molecule has 2 aliphatic heterocycles. The average molecular weight is 271 g/mol. The van der Waals surface area contributed by atoms with Crippen molar-refractivity contribution in [1.29, 1.82) is 0 Å². The number of methoxy groups -OCH3 is 1. The van der Waals surface area contributed by atoms with Crippen LogP contribution in [0.2, 0.25) is 0 Å². The summed E-state index contributed by atoms with van der Waals surface area (Å²) in [4.78, 5) is 0. The Bertz CT molecular complexity index is 236. The molecule has 1 spiro atoms. The maximum atomic E-state index is 6.08. The molecular formula is C15H29NO3. The maximum absolute atomic E-state index is 6.08. The molecule has 0 aromatic rings. The van der Waals surface area contributed by atoms with E-state index in [1.165, 1.54) is 25.7 Å². The number of hydrogen-bond donors (Lipinski definition) is 1. The van der Waals surface area contributed by atoms with Gasteiger partial charge in [-0.2, -0.15) is 0 Å². The molecule has 0 aliphatic carbocycles. The monoisotopic (exact) mass is 271 g/mol. The normalized spacial score (nSPS) is 26.7. The van der Waals surface area contributed by atoms with Crippen LogP contribution in [0.1, 0.15) is 38.5 Å². The molecule has 2 fully saturated rings. The molecule has 0 aromatic heterocycles. The quantitative estimate of drug-likeness (QED) is 0.719. The molecule has 19 heavy (non-hydrogen) atoms. The van der Waals surface area contributed by atoms with Gasteiger partial charge in [0.1, 0.15) is 0 Å². The second-order valence-corrected chi connectivity index (χ2v) is 5.89. The van der Waals surface area contributed by atoms with Gasteiger partial charge >= 0.3 is 0 Å². The molecule has 112 valence electrons. The van der Waals surface area contributed by atoms with Gasteiger partial charge in [-0.3, -0.25) is 0 Å². The van der Waals surface area contributed by atoms with Crippen LogP contribution in [-0.2, 0) is 14.2 Å². The summed E-state index contributed by atoms with van der Waals surface area (Å²) in [7, 11) is 1.75. The zero-order valence-electron chi connectivity index (χ0n) is 12.3. The Hall–Kier alpha value is -0.160. The van der Waals surface area contributed by atoms with Gasteiger partial charge < -0.3 is 19.5 Å². The highest BCUT2D eigenvalue weighted by Gasteiger charge is 2.38. The van der Waals surface area contributed by atoms with Crippen molar-refractivity contribution in [1.82, 2.24) is 5.32 Å². The maximum Gasteiger partial charge on any atom is 0.0729 e. The molecule has 0 radical (unpaired) electrons. The molecule has 0 bridgehead atoms. The van der Waals surface area contributed by atoms with Crippen LogP contribution in [0.15, 0.2) is 0 Å². The van der Waals surface area contributed by atoms with E-state index in [-0.39, 0.29) is 5.60 Å². The van der Waals surface area contributed by atoms with Crippen LogP contribution in [0.25, 0.3) is 0 Å². The van der Waals surface area contributed by atoms with Crippen LogP contribution in [0.5, 0.6) is 0 Å². The van der Waals surface area contributed by atoms with E-state index in [1.54, 1.807) is 7.11 Å². The molecular weight excluding hydrogens is 242 g/mol. The van der Waals surface area contributed by atoms with Crippen LogP contribution >= 0.6 is 0 Å². The summed E-state index contributed by atoms with van der Waals surface area (Å²) in [6.45, 7) is 5.58. The summed E-state index contributed by atoms with van der Waals surface area (Å²) in [5, 5.41) is 3.42. The van der Waals surface area contributed by atoms with Gasteiger partial charge in [0.15, 0.2) is 0 Å². The van der Waals surface area contributed by atoms with Crippen molar-refractivity contribution in [3.8, 4) is 0 Å². The first kappa shape index (κ1) is 15.2. The molecule has 1 atom stereocenters. The van der Waals surface area contributed by atoms with Crippen molar-refractivity contribution in [2.75, 3.05) is 46.6 Å². The highest BCUT2D eigenvalue weighted by molar-refractivity contribution is 4.89. The van der Waals surface area contributed by atoms with E-state index < -0.39 is 0 Å². The summed E-state index contributed by atoms with van der Waals surface area (Å²) in [5.74, 6) is 0.844. The second-order valence-electron chi connectivity index (χ2n) is 5.89. The van der Waals surface area contributed by atoms with Crippen LogP contribution in [0, 0.1) is 5.92 Å². The molecule has 1 N–H and O–H groups in total. The average Bonchev–Trinajstić information content (AvgIpc) is 2.44. The highest BCUT2D eigenvalue weighted by Crippen LogP contribution is 2.38. The molecule has 4 heteroatoms. The fourth-order valence-electron chi connectivity index (χ4n) is 3.28. The van der Waals surface area contributed by atoms with Gasteiger partial charge in [-0.15, -0.1) is 0 Å². The van der Waals surface area contributed by atoms with Crippen LogP contribution in [0.4, 0.5) is 0 Å². The Balaban J connectivity index is 1.61. The topological polar surface area (TPSA) is 39.7 Å². The van der Waals surface area contributed by atoms with E-state index >= 15 is 0 Å². The van der Waals surface area contributed by atoms with Crippen molar-refractivity contribution in [2.45, 2.75) is 44.1 Å². The Morgan fingerprint density at radius 2 is 2.05 bits per heavy atom. The van der Waals surface area contributed by atoms with E-state index in [1.807, 2.05) is 0 Å². The zero-order valence-corrected chi connectivity index (χ0v) is 12.3. The zero-order chi connectivity index (χ0) is 13.4. The molecule has 0 aromatic carbocycles. The van der Waals surface area contributed by atoms with Crippen LogP contribution in [0.3, 0.4) is 0 Å². The lowest BCUT2D eigenvalue weighted by Crippen LogP contribution is -2.44. The summed E-state index contributed by atoms with van der Waals surface area (Å²) in [6.07, 6.45) is 7.26. The summed E-state index contributed by atoms with van der Waals surface area (Å²) < 4.78 is 16.6. The molecule has 0 amide bonds. The van der Waals surface area contributed by atoms with Crippen molar-refractivity contribution in [3.05, 3.63) is 0 Å². The van der Waals surface area contributed by atoms with Gasteiger partial charge in [0.2, 0.25) is 0 Å². The summed E-state index contributed by atoms with van der Waals surface area (Å²) in [5.41, 5.74) is 0.157. The van der Waals surface area contributed by atoms with E-state index in [0.717, 1.165) is 58.3 Å². The van der Waals surface area contributed by atoms with E-state index in [2.05, 4.69) is 5.32 Å². The molecule has 2 aliphatic rings. The Morgan fingerprint density at radius 3 is 2.84 bits per heavy atom. The van der Waals surface area contributed by atoms with Gasteiger partial charge in [0, 0.05) is 33.5 Å². The molecule has 1 unspecified atom stereocenters. The molecule has 2 rings (SSSR count). The smallest absolute Gasteiger partial charge is 0.0729 e. The largest absolute Gasteiger partial charge is 0.383 e. The van der Waals surface area contributed by atoms with E-state index in [4.69, 9.17) is 14.2 Å². The number of hydrogen-bond acceptors (Lipinski definition) is 4. The van der Waals surface area contributed by atoms with E-state index in [9.17, 15) is 0 Å². The minimum atomic E-state index is 0.157. The fraction of sp³-hybridized carbons (Fsp3) is 1.00. The Morgan fingerprint density at radius 1 is 1.21 bits per heavy atom. The number of ether oxygens (including phenoxy) is 3. The lowest BCUT2D eigenvalue weighted by molar-refractivity contribution is -0.147. The summed E-state index contributed by atoms with van der Waals surface area (Å²) >= 11 is 0. The molecule has 0 saturated carbocycles. The number of rotatable bonds is 7. The van der Waals surface area contributed by atoms with Crippen molar-refractivity contribution in [2.24, 2.45) is 5.92 Å². The van der Waals surface area contributed by atoms with Crippen molar-refractivity contribution in [3.63, 3.8) is 0 Å². The first-order valence-corrected chi connectivity index (χ1v) is 7.76. The first-order valence-electron chi connectivity index (χ1n) is 7.76. The second kappa shape index (κ2) is 8.20. The minimum Gasteiger partial charge on any atom is -0.383 e. The van der Waals surface area contributed by atoms with Gasteiger partial charge in [-0.05, 0) is 51.0 Å². The third-order valence-corrected chi connectivity index (χ3v) is 4.45. The van der Waals surface area contributed by atoms with Gasteiger partial charge in [-0.1, -0.05) is 0 Å². The Labute approximate surface area is 117 Å². The lowest BCUT2D eigenvalue weighted by Gasteiger charge is -2.43. The first-order chi connectivity index (χ1) is 9.35. The van der Waals surface area contributed by atoms with Crippen LogP contribution in [-0.4, -0.2) is 52.2 Å². The minimum absolute atomic E-state index is 0.157. The van der Waals surface area contributed by atoms with E-state index in [0.29, 0.717) is 0 Å². The highest BCUT2D eigenvalue weighted by atomic mass is 16.5. The van der Waals surface area contributed by atoms with Gasteiger partial charge in [-0.25, -0.2) is 0 Å². The standard InChI is InChI=1S/C15H29NO3/c1-17-12-8-16-7-2-3-14-4-9-19-15(13-14)5-10-18-11-6-15/h14,16H,2-13H2,1H3. The predicted molar refractivity (Wildman–Crippen MR) is 75.4 cm³/mol. The molecule has 2 saturated heterocycles. The predicted octanol–water partition coefficient (Wildman–Crippen LogP) is 1.98. The van der Waals surface area contributed by atoms with Crippen LogP contribution < -0.4 is 5.32 Å². The summed E-state index contributed by atoms with van der Waals surface area (Å²) in [6, 6.07) is 0. The van der Waals surface area contributed by atoms with Crippen molar-refractivity contribution < 1.29 is 14.2 Å². The lowest BCUT2D eigenvalue weighted by atomic mass is 9.79. The molecule has 2 heterocycles.